The molecule has 0 aliphatic carbocycles. The number of carbonyl (C=O) groups is 1. The molecule has 0 radical (unpaired) electrons. The highest BCUT2D eigenvalue weighted by Gasteiger charge is 2.23. The van der Waals surface area contributed by atoms with Gasteiger partial charge in [-0.25, -0.2) is 4.98 Å². The lowest BCUT2D eigenvalue weighted by atomic mass is 10.1. The molecule has 2 rings (SSSR count). The molecule has 0 amide bonds. The summed E-state index contributed by atoms with van der Waals surface area (Å²) in [5.41, 5.74) is 0.706. The molecule has 19 heavy (non-hydrogen) atoms. The molecular weight excluding hydrogens is 284 g/mol. The van der Waals surface area contributed by atoms with Crippen LogP contribution in [0.4, 0.5) is 0 Å². The van der Waals surface area contributed by atoms with Crippen LogP contribution in [-0.2, 0) is 9.53 Å². The van der Waals surface area contributed by atoms with Crippen molar-refractivity contribution in [1.82, 2.24) is 4.98 Å². The Labute approximate surface area is 119 Å². The fourth-order valence-electron chi connectivity index (χ4n) is 1.59. The number of ether oxygens (including phenoxy) is 1. The minimum absolute atomic E-state index is 0.0641. The molecule has 0 aliphatic heterocycles. The van der Waals surface area contributed by atoms with E-state index in [0.717, 1.165) is 4.70 Å². The fraction of sp³-hybridized carbons (Fsp3) is 0.308. The van der Waals surface area contributed by atoms with Crippen LogP contribution < -0.4 is 0 Å². The molecular formula is C13H11ClN2O2S. The van der Waals surface area contributed by atoms with Crippen LogP contribution in [0.15, 0.2) is 18.2 Å². The lowest BCUT2D eigenvalue weighted by molar-refractivity contribution is -0.123. The van der Waals surface area contributed by atoms with Crippen molar-refractivity contribution in [2.45, 2.75) is 12.8 Å². The van der Waals surface area contributed by atoms with Gasteiger partial charge in [-0.15, -0.1) is 11.3 Å². The normalized spacial score (nSPS) is 12.3. The number of nitrogens with zero attached hydrogens (tertiary/aromatic N) is 2. The van der Waals surface area contributed by atoms with Crippen LogP contribution in [0, 0.1) is 11.3 Å². The fourth-order valence-corrected chi connectivity index (χ4v) is 2.78. The molecule has 1 aromatic carbocycles. The summed E-state index contributed by atoms with van der Waals surface area (Å²) in [4.78, 5) is 16.2. The molecule has 1 unspecified atom stereocenters. The third kappa shape index (κ3) is 3.10. The predicted molar refractivity (Wildman–Crippen MR) is 74.5 cm³/mol. The quantitative estimate of drug-likeness (QED) is 0.850. The molecule has 0 bridgehead atoms. The number of hydrogen-bond acceptors (Lipinski definition) is 5. The smallest absolute Gasteiger partial charge is 0.182 e. The Balaban J connectivity index is 2.31. The number of halogens is 1. The van der Waals surface area contributed by atoms with Gasteiger partial charge in [0.2, 0.25) is 0 Å². The Morgan fingerprint density at radius 2 is 2.42 bits per heavy atom. The van der Waals surface area contributed by atoms with Gasteiger partial charge in [-0.3, -0.25) is 4.79 Å². The van der Waals surface area contributed by atoms with Crippen LogP contribution in [0.3, 0.4) is 0 Å². The van der Waals surface area contributed by atoms with Crippen LogP contribution in [0.2, 0.25) is 5.02 Å². The van der Waals surface area contributed by atoms with E-state index in [1.165, 1.54) is 11.3 Å². The van der Waals surface area contributed by atoms with Crippen LogP contribution in [0.25, 0.3) is 10.2 Å². The maximum absolute atomic E-state index is 11.9. The van der Waals surface area contributed by atoms with Gasteiger partial charge < -0.3 is 4.74 Å². The molecule has 4 nitrogen and oxygen atoms in total. The van der Waals surface area contributed by atoms with Gasteiger partial charge in [0.15, 0.2) is 11.7 Å². The van der Waals surface area contributed by atoms with Gasteiger partial charge in [0.25, 0.3) is 0 Å². The van der Waals surface area contributed by atoms with Crippen LogP contribution in [0.1, 0.15) is 17.8 Å². The molecule has 1 aromatic heterocycles. The first-order valence-electron chi connectivity index (χ1n) is 5.71. The third-order valence-corrected chi connectivity index (χ3v) is 3.85. The van der Waals surface area contributed by atoms with Gasteiger partial charge in [0.05, 0.1) is 16.3 Å². The van der Waals surface area contributed by atoms with E-state index in [1.807, 2.05) is 12.1 Å². The monoisotopic (exact) mass is 294 g/mol. The van der Waals surface area contributed by atoms with Crippen molar-refractivity contribution in [3.63, 3.8) is 0 Å². The zero-order chi connectivity index (χ0) is 13.8. The molecule has 0 aliphatic rings. The number of ketones is 1. The zero-order valence-electron chi connectivity index (χ0n) is 10.2. The van der Waals surface area contributed by atoms with Gasteiger partial charge in [0.1, 0.15) is 11.6 Å². The number of thiazole rings is 1. The molecule has 0 spiro atoms. The number of aromatic nitrogens is 1. The molecule has 0 saturated heterocycles. The number of hydrogen-bond donors (Lipinski definition) is 0. The van der Waals surface area contributed by atoms with Gasteiger partial charge in [-0.2, -0.15) is 5.26 Å². The average Bonchev–Trinajstić information content (AvgIpc) is 2.79. The first-order valence-corrected chi connectivity index (χ1v) is 6.91. The maximum atomic E-state index is 11.9. The van der Waals surface area contributed by atoms with Crippen molar-refractivity contribution in [3.05, 3.63) is 28.2 Å². The van der Waals surface area contributed by atoms with Gasteiger partial charge in [-0.1, -0.05) is 11.6 Å². The summed E-state index contributed by atoms with van der Waals surface area (Å²) >= 11 is 7.22. The summed E-state index contributed by atoms with van der Waals surface area (Å²) < 4.78 is 5.95. The summed E-state index contributed by atoms with van der Waals surface area (Å²) in [6.45, 7) is 2.18. The number of nitriles is 1. The molecule has 1 heterocycles. The minimum Gasteiger partial charge on any atom is -0.374 e. The number of fused-ring (bicyclic) bond motifs is 1. The number of Topliss-reactive ketones (excluding diaryl/α,β-unsaturated/α-hetero) is 1. The Morgan fingerprint density at radius 1 is 1.63 bits per heavy atom. The molecule has 2 aromatic rings. The summed E-state index contributed by atoms with van der Waals surface area (Å²) in [6, 6.07) is 7.30. The van der Waals surface area contributed by atoms with Gasteiger partial charge in [-0.05, 0) is 25.1 Å². The maximum Gasteiger partial charge on any atom is 0.182 e. The van der Waals surface area contributed by atoms with E-state index in [2.05, 4.69) is 4.98 Å². The van der Waals surface area contributed by atoms with Crippen molar-refractivity contribution >= 4 is 38.9 Å². The van der Waals surface area contributed by atoms with E-state index in [1.54, 1.807) is 19.1 Å². The lowest BCUT2D eigenvalue weighted by Gasteiger charge is -2.04. The summed E-state index contributed by atoms with van der Waals surface area (Å²) in [5.74, 6) is -1.14. The number of carbonyl (C=O) groups excluding carboxylic acids is 1. The second kappa shape index (κ2) is 6.11. The van der Waals surface area contributed by atoms with Crippen molar-refractivity contribution in [2.24, 2.45) is 0 Å². The third-order valence-electron chi connectivity index (χ3n) is 2.51. The average molecular weight is 295 g/mol. The van der Waals surface area contributed by atoms with E-state index < -0.39 is 5.92 Å². The number of rotatable bonds is 5. The summed E-state index contributed by atoms with van der Waals surface area (Å²) in [6.07, 6.45) is 0. The van der Waals surface area contributed by atoms with E-state index in [4.69, 9.17) is 21.6 Å². The van der Waals surface area contributed by atoms with Crippen molar-refractivity contribution in [2.75, 3.05) is 13.2 Å². The topological polar surface area (TPSA) is 63.0 Å². The Kier molecular flexibility index (Phi) is 4.48. The highest BCUT2D eigenvalue weighted by molar-refractivity contribution is 7.18. The SMILES string of the molecule is CCOCC(=O)C(C#N)c1nc2cc(Cl)ccc2s1. The molecule has 1 atom stereocenters. The largest absolute Gasteiger partial charge is 0.374 e. The highest BCUT2D eigenvalue weighted by Crippen LogP contribution is 2.29. The summed E-state index contributed by atoms with van der Waals surface area (Å²) in [5, 5.41) is 10.2. The second-order valence-electron chi connectivity index (χ2n) is 3.83. The number of benzene rings is 1. The Bertz CT molecular complexity index is 648. The van der Waals surface area contributed by atoms with Gasteiger partial charge in [0, 0.05) is 11.6 Å². The first-order chi connectivity index (χ1) is 9.15. The highest BCUT2D eigenvalue weighted by atomic mass is 35.5. The van der Waals surface area contributed by atoms with Crippen molar-refractivity contribution < 1.29 is 9.53 Å². The molecule has 98 valence electrons. The van der Waals surface area contributed by atoms with E-state index in [9.17, 15) is 4.79 Å². The van der Waals surface area contributed by atoms with E-state index in [0.29, 0.717) is 22.2 Å². The van der Waals surface area contributed by atoms with Crippen LogP contribution in [0.5, 0.6) is 0 Å². The van der Waals surface area contributed by atoms with Crippen molar-refractivity contribution in [3.8, 4) is 6.07 Å². The zero-order valence-corrected chi connectivity index (χ0v) is 11.8. The standard InChI is InChI=1S/C13H11ClN2O2S/c1-2-18-7-11(17)9(6-15)13-16-10-5-8(14)3-4-12(10)19-13/h3-5,9H,2,7H2,1H3. The first kappa shape index (κ1) is 13.9. The molecule has 0 saturated carbocycles. The van der Waals surface area contributed by atoms with E-state index >= 15 is 0 Å². The van der Waals surface area contributed by atoms with Crippen LogP contribution in [-0.4, -0.2) is 24.0 Å². The van der Waals surface area contributed by atoms with Gasteiger partial charge >= 0.3 is 0 Å². The molecule has 0 N–H and O–H groups in total. The molecule has 0 fully saturated rings. The van der Waals surface area contributed by atoms with Crippen LogP contribution >= 0.6 is 22.9 Å². The Hall–Kier alpha value is -1.48. The minimum atomic E-state index is -0.872. The van der Waals surface area contributed by atoms with Crippen molar-refractivity contribution in [1.29, 1.82) is 5.26 Å². The summed E-state index contributed by atoms with van der Waals surface area (Å²) in [7, 11) is 0. The molecule has 6 heteroatoms. The predicted octanol–water partition coefficient (Wildman–Crippen LogP) is 3.16. The van der Waals surface area contributed by atoms with E-state index in [-0.39, 0.29) is 12.4 Å². The second-order valence-corrected chi connectivity index (χ2v) is 5.33. The Morgan fingerprint density at radius 3 is 3.11 bits per heavy atom. The lowest BCUT2D eigenvalue weighted by Crippen LogP contribution is -2.16.